The zero-order valence-corrected chi connectivity index (χ0v) is 13.8. The van der Waals surface area contributed by atoms with Gasteiger partial charge in [0.2, 0.25) is 0 Å². The quantitative estimate of drug-likeness (QED) is 0.503. The molecule has 25 heavy (non-hydrogen) atoms. The maximum atomic E-state index is 13.4. The van der Waals surface area contributed by atoms with Crippen LogP contribution in [0.2, 0.25) is 0 Å². The van der Waals surface area contributed by atoms with Crippen LogP contribution in [0.25, 0.3) is 33.4 Å². The Bertz CT molecular complexity index is 1080. The van der Waals surface area contributed by atoms with Crippen LogP contribution in [-0.4, -0.2) is 6.54 Å². The fourth-order valence-electron chi connectivity index (χ4n) is 3.13. The molecule has 2 aromatic rings. The van der Waals surface area contributed by atoms with Crippen molar-refractivity contribution in [2.24, 2.45) is 0 Å². The third-order valence-corrected chi connectivity index (χ3v) is 4.24. The van der Waals surface area contributed by atoms with Gasteiger partial charge in [-0.3, -0.25) is 0 Å². The Morgan fingerprint density at radius 3 is 2.56 bits per heavy atom. The maximum absolute atomic E-state index is 13.4. The van der Waals surface area contributed by atoms with E-state index in [1.807, 2.05) is 31.2 Å². The first-order chi connectivity index (χ1) is 12.2. The van der Waals surface area contributed by atoms with Gasteiger partial charge < -0.3 is 15.1 Å². The zero-order chi connectivity index (χ0) is 17.4. The van der Waals surface area contributed by atoms with E-state index in [-0.39, 0.29) is 5.82 Å². The van der Waals surface area contributed by atoms with Crippen LogP contribution in [0.3, 0.4) is 0 Å². The predicted octanol–water partition coefficient (Wildman–Crippen LogP) is 5.25. The lowest BCUT2D eigenvalue weighted by atomic mass is 9.93. The second-order valence-electron chi connectivity index (χ2n) is 5.94. The first-order valence-electron chi connectivity index (χ1n) is 8.21. The van der Waals surface area contributed by atoms with Crippen molar-refractivity contribution < 1.29 is 8.81 Å². The maximum Gasteiger partial charge on any atom is 0.137 e. The molecule has 2 N–H and O–H groups in total. The molecule has 0 unspecified atom stereocenters. The lowest BCUT2D eigenvalue weighted by Gasteiger charge is -2.16. The summed E-state index contributed by atoms with van der Waals surface area (Å²) in [7, 11) is 0. The molecule has 0 spiro atoms. The molecule has 3 nitrogen and oxygen atoms in total. The summed E-state index contributed by atoms with van der Waals surface area (Å²) in [5, 5.41) is 12.5. The molecule has 1 heterocycles. The molecule has 0 atom stereocenters. The third-order valence-electron chi connectivity index (χ3n) is 4.24. The van der Waals surface area contributed by atoms with Crippen LogP contribution in [0.5, 0.6) is 0 Å². The molecule has 0 aromatic heterocycles. The summed E-state index contributed by atoms with van der Waals surface area (Å²) in [6, 6.07) is 17.8. The topological polar surface area (TPSA) is 49.0 Å². The van der Waals surface area contributed by atoms with Crippen molar-refractivity contribution in [3.05, 3.63) is 71.8 Å². The van der Waals surface area contributed by atoms with Crippen molar-refractivity contribution in [2.45, 2.75) is 6.92 Å². The number of benzene rings is 3. The molecule has 2 aliphatic rings. The van der Waals surface area contributed by atoms with Crippen LogP contribution in [0.15, 0.2) is 65.1 Å². The van der Waals surface area contributed by atoms with Crippen molar-refractivity contribution in [1.29, 1.82) is 5.41 Å². The van der Waals surface area contributed by atoms with Gasteiger partial charge >= 0.3 is 0 Å². The molecule has 1 aliphatic heterocycles. The van der Waals surface area contributed by atoms with Gasteiger partial charge in [0.15, 0.2) is 0 Å². The Balaban J connectivity index is 2.09. The number of rotatable bonds is 3. The largest absolute Gasteiger partial charge is 0.456 e. The molecule has 0 fully saturated rings. The summed E-state index contributed by atoms with van der Waals surface area (Å²) >= 11 is 0. The van der Waals surface area contributed by atoms with Crippen LogP contribution in [-0.2, 0) is 0 Å². The average molecular weight is 332 g/mol. The van der Waals surface area contributed by atoms with E-state index in [1.165, 1.54) is 12.1 Å². The first kappa shape index (κ1) is 15.4. The van der Waals surface area contributed by atoms with Crippen LogP contribution >= 0.6 is 0 Å². The first-order valence-corrected chi connectivity index (χ1v) is 8.21. The summed E-state index contributed by atoms with van der Waals surface area (Å²) in [6.45, 7) is 2.86. The van der Waals surface area contributed by atoms with Crippen molar-refractivity contribution in [3.8, 4) is 22.5 Å². The molecule has 124 valence electrons. The minimum atomic E-state index is -0.263. The van der Waals surface area contributed by atoms with Gasteiger partial charge in [0.05, 0.1) is 5.36 Å². The molecule has 4 heteroatoms. The Morgan fingerprint density at radius 1 is 1.00 bits per heavy atom. The summed E-state index contributed by atoms with van der Waals surface area (Å²) < 4.78 is 19.4. The second kappa shape index (κ2) is 6.06. The Kier molecular flexibility index (Phi) is 3.73. The number of anilines is 1. The van der Waals surface area contributed by atoms with E-state index >= 15 is 0 Å². The second-order valence-corrected chi connectivity index (χ2v) is 5.94. The van der Waals surface area contributed by atoms with Crippen LogP contribution < -0.4 is 10.7 Å². The van der Waals surface area contributed by atoms with E-state index in [4.69, 9.17) is 9.83 Å². The standard InChI is InChI=1S/C21H17FN2O/c1-2-24-16-8-10-18-20(12-16)25-19-11-15(23)7-9-17(19)21(18)13-3-5-14(22)6-4-13/h3-12,23-24H,2H2,1H3. The van der Waals surface area contributed by atoms with Gasteiger partial charge in [-0.1, -0.05) is 12.1 Å². The Labute approximate surface area is 144 Å². The minimum Gasteiger partial charge on any atom is -0.456 e. The van der Waals surface area contributed by atoms with Crippen molar-refractivity contribution in [2.75, 3.05) is 11.9 Å². The predicted molar refractivity (Wildman–Crippen MR) is 98.2 cm³/mol. The minimum absolute atomic E-state index is 0.263. The van der Waals surface area contributed by atoms with Crippen molar-refractivity contribution in [3.63, 3.8) is 0 Å². The highest BCUT2D eigenvalue weighted by Crippen LogP contribution is 2.40. The van der Waals surface area contributed by atoms with E-state index < -0.39 is 0 Å². The highest BCUT2D eigenvalue weighted by Gasteiger charge is 2.17. The number of hydrogen-bond donors (Lipinski definition) is 2. The van der Waals surface area contributed by atoms with E-state index in [0.29, 0.717) is 11.1 Å². The summed E-state index contributed by atoms with van der Waals surface area (Å²) in [5.41, 5.74) is 4.52. The highest BCUT2D eigenvalue weighted by atomic mass is 19.1. The van der Waals surface area contributed by atoms with E-state index in [1.54, 1.807) is 24.3 Å². The van der Waals surface area contributed by atoms with Crippen molar-refractivity contribution in [1.82, 2.24) is 0 Å². The lowest BCUT2D eigenvalue weighted by molar-refractivity contribution is 0.619. The Hall–Kier alpha value is -3.14. The van der Waals surface area contributed by atoms with Crippen molar-refractivity contribution >= 4 is 16.7 Å². The fourth-order valence-corrected chi connectivity index (χ4v) is 3.13. The monoisotopic (exact) mass is 332 g/mol. The molecule has 0 saturated carbocycles. The Morgan fingerprint density at radius 2 is 1.80 bits per heavy atom. The highest BCUT2D eigenvalue weighted by molar-refractivity contribution is 6.02. The molecule has 2 aromatic carbocycles. The fraction of sp³-hybridized carbons (Fsp3) is 0.0952. The average Bonchev–Trinajstić information content (AvgIpc) is 2.60. The molecular weight excluding hydrogens is 315 g/mol. The van der Waals surface area contributed by atoms with Gasteiger partial charge in [-0.15, -0.1) is 0 Å². The van der Waals surface area contributed by atoms with Crippen LogP contribution in [0.4, 0.5) is 10.1 Å². The third kappa shape index (κ3) is 2.76. The molecule has 0 bridgehead atoms. The number of nitrogens with one attached hydrogen (secondary N) is 2. The molecule has 4 rings (SSSR count). The molecule has 1 aliphatic carbocycles. The van der Waals surface area contributed by atoms with Gasteiger partial charge in [-0.25, -0.2) is 4.39 Å². The van der Waals surface area contributed by atoms with Crippen LogP contribution in [0, 0.1) is 11.2 Å². The molecule has 0 saturated heterocycles. The summed E-state index contributed by atoms with van der Waals surface area (Å²) in [6.07, 6.45) is 0. The van der Waals surface area contributed by atoms with Gasteiger partial charge in [-0.05, 0) is 48.9 Å². The van der Waals surface area contributed by atoms with Gasteiger partial charge in [0.25, 0.3) is 0 Å². The number of hydrogen-bond acceptors (Lipinski definition) is 3. The van der Waals surface area contributed by atoms with Gasteiger partial charge in [-0.2, -0.15) is 0 Å². The molecule has 0 amide bonds. The van der Waals surface area contributed by atoms with E-state index in [2.05, 4.69) is 5.32 Å². The van der Waals surface area contributed by atoms with E-state index in [0.717, 1.165) is 39.9 Å². The van der Waals surface area contributed by atoms with Crippen LogP contribution in [0.1, 0.15) is 6.92 Å². The number of halogens is 1. The molecular formula is C21H17FN2O. The smallest absolute Gasteiger partial charge is 0.137 e. The lowest BCUT2D eigenvalue weighted by Crippen LogP contribution is -2.00. The zero-order valence-electron chi connectivity index (χ0n) is 13.8. The SMILES string of the molecule is CCNc1ccc2c(-c3ccc(F)cc3)c3ccc(=N)cc-3oc2c1. The van der Waals surface area contributed by atoms with Gasteiger partial charge in [0.1, 0.15) is 17.2 Å². The van der Waals surface area contributed by atoms with Gasteiger partial charge in [0, 0.05) is 40.9 Å². The summed E-state index contributed by atoms with van der Waals surface area (Å²) in [4.78, 5) is 0. The molecule has 0 radical (unpaired) electrons. The number of fused-ring (bicyclic) bond motifs is 2. The summed E-state index contributed by atoms with van der Waals surface area (Å²) in [5.74, 6) is 0.383. The van der Waals surface area contributed by atoms with E-state index in [9.17, 15) is 4.39 Å². The normalized spacial score (nSPS) is 11.1.